The summed E-state index contributed by atoms with van der Waals surface area (Å²) in [6.45, 7) is 8.43. The molecule has 2 fully saturated rings. The predicted octanol–water partition coefficient (Wildman–Crippen LogP) is 2.18. The Balaban J connectivity index is 1.88. The lowest BCUT2D eigenvalue weighted by Crippen LogP contribution is -2.52. The van der Waals surface area contributed by atoms with Crippen LogP contribution in [0.2, 0.25) is 0 Å². The van der Waals surface area contributed by atoms with Crippen LogP contribution < -0.4 is 0 Å². The highest BCUT2D eigenvalue weighted by Crippen LogP contribution is 2.24. The molecule has 86 valence electrons. The third kappa shape index (κ3) is 2.27. The van der Waals surface area contributed by atoms with Gasteiger partial charge in [0.1, 0.15) is 0 Å². The third-order valence-electron chi connectivity index (χ3n) is 3.80. The van der Waals surface area contributed by atoms with Gasteiger partial charge in [-0.1, -0.05) is 13.8 Å². The standard InChI is InChI=1S/C12H22N2O/c1-10(2)11-5-3-6-14(9-11)12(15)13-7-4-8-13/h10-11H,3-9H2,1-2H3. The van der Waals surface area contributed by atoms with Crippen molar-refractivity contribution in [2.45, 2.75) is 33.1 Å². The Labute approximate surface area is 92.4 Å². The van der Waals surface area contributed by atoms with Gasteiger partial charge in [-0.15, -0.1) is 0 Å². The number of likely N-dealkylation sites (tertiary alicyclic amines) is 2. The second-order valence-corrected chi connectivity index (χ2v) is 5.22. The molecule has 0 aromatic heterocycles. The highest BCUT2D eigenvalue weighted by molar-refractivity contribution is 5.75. The van der Waals surface area contributed by atoms with Crippen molar-refractivity contribution in [3.8, 4) is 0 Å². The first kappa shape index (κ1) is 10.8. The van der Waals surface area contributed by atoms with Crippen LogP contribution in [0.15, 0.2) is 0 Å². The van der Waals surface area contributed by atoms with E-state index < -0.39 is 0 Å². The predicted molar refractivity (Wildman–Crippen MR) is 60.7 cm³/mol. The van der Waals surface area contributed by atoms with Gasteiger partial charge in [0, 0.05) is 26.2 Å². The summed E-state index contributed by atoms with van der Waals surface area (Å²) in [5.41, 5.74) is 0. The summed E-state index contributed by atoms with van der Waals surface area (Å²) in [5, 5.41) is 0. The first-order valence-corrected chi connectivity index (χ1v) is 6.22. The van der Waals surface area contributed by atoms with Crippen molar-refractivity contribution in [2.24, 2.45) is 11.8 Å². The molecule has 1 atom stereocenters. The van der Waals surface area contributed by atoms with Gasteiger partial charge < -0.3 is 9.80 Å². The van der Waals surface area contributed by atoms with Crippen LogP contribution in [-0.4, -0.2) is 42.0 Å². The van der Waals surface area contributed by atoms with Gasteiger partial charge in [-0.25, -0.2) is 4.79 Å². The zero-order chi connectivity index (χ0) is 10.8. The minimum absolute atomic E-state index is 0.284. The molecule has 15 heavy (non-hydrogen) atoms. The quantitative estimate of drug-likeness (QED) is 0.650. The Kier molecular flexibility index (Phi) is 3.17. The number of nitrogens with zero attached hydrogens (tertiary/aromatic N) is 2. The number of carbonyl (C=O) groups is 1. The Morgan fingerprint density at radius 3 is 2.33 bits per heavy atom. The van der Waals surface area contributed by atoms with Crippen LogP contribution in [0.25, 0.3) is 0 Å². The fraction of sp³-hybridized carbons (Fsp3) is 0.917. The molecule has 3 nitrogen and oxygen atoms in total. The molecule has 1 unspecified atom stereocenters. The SMILES string of the molecule is CC(C)C1CCCN(C(=O)N2CCC2)C1. The van der Waals surface area contributed by atoms with E-state index in [4.69, 9.17) is 0 Å². The smallest absolute Gasteiger partial charge is 0.320 e. The molecule has 0 radical (unpaired) electrons. The Morgan fingerprint density at radius 1 is 1.13 bits per heavy atom. The van der Waals surface area contributed by atoms with E-state index in [-0.39, 0.29) is 6.03 Å². The number of hydrogen-bond donors (Lipinski definition) is 0. The maximum Gasteiger partial charge on any atom is 0.320 e. The summed E-state index contributed by atoms with van der Waals surface area (Å²) < 4.78 is 0. The molecule has 0 bridgehead atoms. The van der Waals surface area contributed by atoms with Crippen LogP contribution >= 0.6 is 0 Å². The molecule has 0 saturated carbocycles. The molecule has 0 aliphatic carbocycles. The van der Waals surface area contributed by atoms with Gasteiger partial charge in [0.05, 0.1) is 0 Å². The first-order valence-electron chi connectivity index (χ1n) is 6.22. The molecule has 2 saturated heterocycles. The van der Waals surface area contributed by atoms with Crippen molar-refractivity contribution in [1.82, 2.24) is 9.80 Å². The van der Waals surface area contributed by atoms with E-state index in [2.05, 4.69) is 18.7 Å². The summed E-state index contributed by atoms with van der Waals surface area (Å²) in [4.78, 5) is 16.0. The zero-order valence-corrected chi connectivity index (χ0v) is 9.91. The molecular weight excluding hydrogens is 188 g/mol. The highest BCUT2D eigenvalue weighted by Gasteiger charge is 2.30. The van der Waals surface area contributed by atoms with Crippen LogP contribution in [-0.2, 0) is 0 Å². The van der Waals surface area contributed by atoms with Gasteiger partial charge >= 0.3 is 6.03 Å². The van der Waals surface area contributed by atoms with Gasteiger partial charge in [-0.3, -0.25) is 0 Å². The van der Waals surface area contributed by atoms with Gasteiger partial charge in [0.2, 0.25) is 0 Å². The van der Waals surface area contributed by atoms with E-state index in [1.165, 1.54) is 19.3 Å². The molecule has 2 aliphatic rings. The van der Waals surface area contributed by atoms with Crippen LogP contribution in [0.5, 0.6) is 0 Å². The largest absolute Gasteiger partial charge is 0.325 e. The van der Waals surface area contributed by atoms with Gasteiger partial charge in [0.25, 0.3) is 0 Å². The van der Waals surface area contributed by atoms with E-state index in [9.17, 15) is 4.79 Å². The van der Waals surface area contributed by atoms with Crippen molar-refractivity contribution >= 4 is 6.03 Å². The number of hydrogen-bond acceptors (Lipinski definition) is 1. The maximum absolute atomic E-state index is 12.0. The minimum Gasteiger partial charge on any atom is -0.325 e. The summed E-state index contributed by atoms with van der Waals surface area (Å²) >= 11 is 0. The third-order valence-corrected chi connectivity index (χ3v) is 3.80. The fourth-order valence-electron chi connectivity index (χ4n) is 2.44. The Hall–Kier alpha value is -0.730. The van der Waals surface area contributed by atoms with E-state index in [1.54, 1.807) is 0 Å². The maximum atomic E-state index is 12.0. The van der Waals surface area contributed by atoms with Crippen molar-refractivity contribution in [1.29, 1.82) is 0 Å². The van der Waals surface area contributed by atoms with Crippen molar-refractivity contribution in [2.75, 3.05) is 26.2 Å². The van der Waals surface area contributed by atoms with E-state index >= 15 is 0 Å². The molecule has 0 aromatic carbocycles. The summed E-state index contributed by atoms with van der Waals surface area (Å²) in [6, 6.07) is 0.284. The Morgan fingerprint density at radius 2 is 1.80 bits per heavy atom. The van der Waals surface area contributed by atoms with E-state index in [0.29, 0.717) is 11.8 Å². The van der Waals surface area contributed by atoms with Crippen LogP contribution in [0, 0.1) is 11.8 Å². The minimum atomic E-state index is 0.284. The average molecular weight is 210 g/mol. The van der Waals surface area contributed by atoms with Gasteiger partial charge in [-0.05, 0) is 31.1 Å². The molecule has 0 aromatic rings. The number of piperidine rings is 1. The second kappa shape index (κ2) is 4.42. The molecular formula is C12H22N2O. The second-order valence-electron chi connectivity index (χ2n) is 5.22. The topological polar surface area (TPSA) is 23.6 Å². The normalized spacial score (nSPS) is 26.7. The number of rotatable bonds is 1. The zero-order valence-electron chi connectivity index (χ0n) is 9.91. The van der Waals surface area contributed by atoms with E-state index in [1.807, 2.05) is 4.90 Å². The molecule has 0 spiro atoms. The first-order chi connectivity index (χ1) is 7.18. The number of amides is 2. The monoisotopic (exact) mass is 210 g/mol. The number of urea groups is 1. The van der Waals surface area contributed by atoms with Crippen molar-refractivity contribution in [3.05, 3.63) is 0 Å². The molecule has 0 N–H and O–H groups in total. The number of carbonyl (C=O) groups excluding carboxylic acids is 1. The lowest BCUT2D eigenvalue weighted by atomic mass is 9.88. The Bertz CT molecular complexity index is 236. The summed E-state index contributed by atoms with van der Waals surface area (Å²) in [6.07, 6.45) is 3.66. The highest BCUT2D eigenvalue weighted by atomic mass is 16.2. The van der Waals surface area contributed by atoms with Crippen LogP contribution in [0.4, 0.5) is 4.79 Å². The molecule has 2 rings (SSSR count). The van der Waals surface area contributed by atoms with E-state index in [0.717, 1.165) is 26.2 Å². The summed E-state index contributed by atoms with van der Waals surface area (Å²) in [7, 11) is 0. The van der Waals surface area contributed by atoms with Crippen LogP contribution in [0.1, 0.15) is 33.1 Å². The van der Waals surface area contributed by atoms with Gasteiger partial charge in [-0.2, -0.15) is 0 Å². The van der Waals surface area contributed by atoms with Crippen molar-refractivity contribution in [3.63, 3.8) is 0 Å². The van der Waals surface area contributed by atoms with Crippen molar-refractivity contribution < 1.29 is 4.79 Å². The summed E-state index contributed by atoms with van der Waals surface area (Å²) in [5.74, 6) is 1.42. The van der Waals surface area contributed by atoms with Crippen LogP contribution in [0.3, 0.4) is 0 Å². The molecule has 2 amide bonds. The fourth-order valence-corrected chi connectivity index (χ4v) is 2.44. The average Bonchev–Trinajstić information content (AvgIpc) is 2.15. The lowest BCUT2D eigenvalue weighted by molar-refractivity contribution is 0.0989. The molecule has 3 heteroatoms. The molecule has 2 aliphatic heterocycles. The lowest BCUT2D eigenvalue weighted by Gasteiger charge is -2.40. The molecule has 2 heterocycles. The van der Waals surface area contributed by atoms with Gasteiger partial charge in [0.15, 0.2) is 0 Å².